The van der Waals surface area contributed by atoms with Crippen molar-refractivity contribution in [3.63, 3.8) is 0 Å². The second-order valence-corrected chi connectivity index (χ2v) is 23.4. The van der Waals surface area contributed by atoms with Crippen LogP contribution in [0.15, 0.2) is 206 Å². The molecular weight excluding hydrogens is 893 g/mol. The lowest BCUT2D eigenvalue weighted by atomic mass is 9.72. The van der Waals surface area contributed by atoms with Crippen LogP contribution in [0.5, 0.6) is 0 Å². The average Bonchev–Trinajstić information content (AvgIpc) is 3.77. The summed E-state index contributed by atoms with van der Waals surface area (Å²) in [4.78, 5) is 4.96. The van der Waals surface area contributed by atoms with Crippen molar-refractivity contribution in [3.8, 4) is 33.4 Å². The molecule has 0 unspecified atom stereocenters. The maximum atomic E-state index is 2.51. The van der Waals surface area contributed by atoms with Crippen LogP contribution in [0.25, 0.3) is 56.3 Å². The summed E-state index contributed by atoms with van der Waals surface area (Å²) < 4.78 is 0. The van der Waals surface area contributed by atoms with E-state index in [0.717, 1.165) is 0 Å². The summed E-state index contributed by atoms with van der Waals surface area (Å²) in [5, 5.41) is 2.49. The summed E-state index contributed by atoms with van der Waals surface area (Å²) in [6, 6.07) is 77.8. The quantitative estimate of drug-likeness (QED) is 0.159. The molecule has 0 fully saturated rings. The van der Waals surface area contributed by atoms with Crippen LogP contribution in [0.3, 0.4) is 0 Å². The van der Waals surface area contributed by atoms with E-state index in [1.54, 1.807) is 0 Å². The Hall–Kier alpha value is -8.20. The van der Waals surface area contributed by atoms with Gasteiger partial charge in [0.05, 0.1) is 22.7 Å². The highest BCUT2D eigenvalue weighted by Gasteiger charge is 2.44. The van der Waals surface area contributed by atoms with E-state index in [2.05, 4.69) is 284 Å². The first-order valence-electron chi connectivity index (χ1n) is 26.5. The summed E-state index contributed by atoms with van der Waals surface area (Å²) >= 11 is 0. The molecule has 0 radical (unpaired) electrons. The smallest absolute Gasteiger partial charge is 0.0506 e. The lowest BCUT2D eigenvalue weighted by molar-refractivity contribution is 0.627. The van der Waals surface area contributed by atoms with Crippen molar-refractivity contribution < 1.29 is 0 Å². The van der Waals surface area contributed by atoms with Crippen molar-refractivity contribution in [1.82, 2.24) is 0 Å². The summed E-state index contributed by atoms with van der Waals surface area (Å²) in [6.07, 6.45) is 4.56. The van der Waals surface area contributed by atoms with Crippen LogP contribution in [0.4, 0.5) is 34.1 Å². The minimum Gasteiger partial charge on any atom is -0.310 e. The molecule has 0 bridgehead atoms. The molecule has 2 nitrogen and oxygen atoms in total. The first kappa shape index (κ1) is 44.5. The third-order valence-corrected chi connectivity index (χ3v) is 17.8. The molecule has 2 heterocycles. The summed E-state index contributed by atoms with van der Waals surface area (Å²) in [5.41, 5.74) is 28.0. The summed E-state index contributed by atoms with van der Waals surface area (Å²) in [6.45, 7) is 19.2. The lowest BCUT2D eigenvalue weighted by Crippen LogP contribution is -2.31. The topological polar surface area (TPSA) is 6.48 Å². The van der Waals surface area contributed by atoms with Gasteiger partial charge in [-0.1, -0.05) is 195 Å². The van der Waals surface area contributed by atoms with E-state index in [9.17, 15) is 0 Å². The van der Waals surface area contributed by atoms with Crippen LogP contribution in [-0.2, 0) is 21.7 Å². The Kier molecular flexibility index (Phi) is 9.41. The van der Waals surface area contributed by atoms with E-state index in [4.69, 9.17) is 0 Å². The van der Waals surface area contributed by atoms with Crippen molar-refractivity contribution in [2.45, 2.75) is 77.0 Å². The van der Waals surface area contributed by atoms with E-state index in [1.165, 1.54) is 134 Å². The van der Waals surface area contributed by atoms with Gasteiger partial charge < -0.3 is 9.80 Å². The predicted molar refractivity (Wildman–Crippen MR) is 314 cm³/mol. The Morgan fingerprint density at radius 1 is 0.270 bits per heavy atom. The van der Waals surface area contributed by atoms with E-state index < -0.39 is 0 Å². The Bertz CT molecular complexity index is 4020. The van der Waals surface area contributed by atoms with E-state index in [1.807, 2.05) is 0 Å². The Balaban J connectivity index is 0.756. The van der Waals surface area contributed by atoms with Crippen molar-refractivity contribution in [2.75, 3.05) is 9.80 Å². The molecule has 2 heteroatoms. The zero-order valence-corrected chi connectivity index (χ0v) is 43.7. The van der Waals surface area contributed by atoms with Crippen LogP contribution in [0.1, 0.15) is 111 Å². The number of fused-ring (bicyclic) bond motifs is 11. The monoisotopic (exact) mass is 952 g/mol. The fourth-order valence-electron chi connectivity index (χ4n) is 13.6. The zero-order valence-electron chi connectivity index (χ0n) is 43.7. The number of hydrogen-bond acceptors (Lipinski definition) is 2. The van der Waals surface area contributed by atoms with Gasteiger partial charge in [0, 0.05) is 33.0 Å². The molecule has 0 amide bonds. The van der Waals surface area contributed by atoms with Crippen LogP contribution in [0, 0.1) is 0 Å². The minimum atomic E-state index is -0.176. The fraction of sp³-hybridized carbons (Fsp3) is 0.167. The molecule has 10 aromatic rings. The van der Waals surface area contributed by atoms with Gasteiger partial charge in [-0.3, -0.25) is 0 Å². The molecule has 2 aliphatic carbocycles. The van der Waals surface area contributed by atoms with Gasteiger partial charge >= 0.3 is 0 Å². The van der Waals surface area contributed by atoms with Crippen molar-refractivity contribution >= 4 is 57.0 Å². The Morgan fingerprint density at radius 3 is 1.22 bits per heavy atom. The highest BCUT2D eigenvalue weighted by Crippen LogP contribution is 2.60. The number of rotatable bonds is 5. The third kappa shape index (κ3) is 6.37. The standard InChI is InChI=1S/C72H60N2/c1-69(2)57-23-15-17-25-65(57)73(51-19-11-9-12-20-51)67-43-61-55(41-63(67)69)53-35-30-46(38-59(53)71(61,5)6)28-27-45-29-31-48-39-49(33-32-47(48)37-45)50-34-36-54-56-42-64-68(44-62(56)72(7,8)60(54)40-50)74(52-21-13-10-14-22-52)66-26-18-16-24-58(66)70(64,3)4/h9-44H,1-8H3/b28-27+. The van der Waals surface area contributed by atoms with Crippen LogP contribution >= 0.6 is 0 Å². The van der Waals surface area contributed by atoms with Gasteiger partial charge in [0.1, 0.15) is 0 Å². The molecular formula is C72H60N2. The van der Waals surface area contributed by atoms with Crippen molar-refractivity contribution in [3.05, 3.63) is 262 Å². The number of nitrogens with zero attached hydrogens (tertiary/aromatic N) is 2. The first-order chi connectivity index (χ1) is 35.7. The second kappa shape index (κ2) is 15.7. The van der Waals surface area contributed by atoms with Crippen molar-refractivity contribution in [2.24, 2.45) is 0 Å². The van der Waals surface area contributed by atoms with Crippen LogP contribution in [0.2, 0.25) is 0 Å². The Morgan fingerprint density at radius 2 is 0.662 bits per heavy atom. The predicted octanol–water partition coefficient (Wildman–Crippen LogP) is 19.5. The fourth-order valence-corrected chi connectivity index (χ4v) is 13.6. The molecule has 4 aliphatic rings. The molecule has 10 aromatic carbocycles. The SMILES string of the molecule is CC1(C)c2cc(/C=C/c3ccc4cc(-c5ccc6c(c5)C(C)(C)c5cc7c(cc5-6)C(C)(C)c5ccccc5N7c5ccccc5)ccc4c3)ccc2-c2cc3c(cc21)N(c1ccccc1)c1ccccc1C3(C)C. The maximum Gasteiger partial charge on any atom is 0.0506 e. The molecule has 0 N–H and O–H groups in total. The lowest BCUT2D eigenvalue weighted by Gasteiger charge is -2.42. The molecule has 0 saturated heterocycles. The molecule has 0 aromatic heterocycles. The van der Waals surface area contributed by atoms with Crippen molar-refractivity contribution in [1.29, 1.82) is 0 Å². The normalized spacial score (nSPS) is 16.4. The number of benzene rings is 10. The zero-order chi connectivity index (χ0) is 50.5. The van der Waals surface area contributed by atoms with E-state index >= 15 is 0 Å². The average molecular weight is 953 g/mol. The van der Waals surface area contributed by atoms with Gasteiger partial charge in [0.2, 0.25) is 0 Å². The van der Waals surface area contributed by atoms with Gasteiger partial charge in [-0.2, -0.15) is 0 Å². The number of anilines is 6. The molecule has 0 spiro atoms. The third-order valence-electron chi connectivity index (χ3n) is 17.8. The molecule has 14 rings (SSSR count). The molecule has 358 valence electrons. The number of para-hydroxylation sites is 4. The van der Waals surface area contributed by atoms with Crippen LogP contribution < -0.4 is 9.80 Å². The highest BCUT2D eigenvalue weighted by atomic mass is 15.2. The minimum absolute atomic E-state index is 0.158. The summed E-state index contributed by atoms with van der Waals surface area (Å²) in [5.74, 6) is 0. The summed E-state index contributed by atoms with van der Waals surface area (Å²) in [7, 11) is 0. The number of hydrogen-bond donors (Lipinski definition) is 0. The van der Waals surface area contributed by atoms with Gasteiger partial charge in [-0.15, -0.1) is 0 Å². The molecule has 74 heavy (non-hydrogen) atoms. The van der Waals surface area contributed by atoms with Gasteiger partial charge in [0.25, 0.3) is 0 Å². The van der Waals surface area contributed by atoms with Crippen LogP contribution in [-0.4, -0.2) is 0 Å². The van der Waals surface area contributed by atoms with Gasteiger partial charge in [0.15, 0.2) is 0 Å². The largest absolute Gasteiger partial charge is 0.310 e. The molecule has 2 aliphatic heterocycles. The first-order valence-corrected chi connectivity index (χ1v) is 26.5. The van der Waals surface area contributed by atoms with Gasteiger partial charge in [-0.25, -0.2) is 0 Å². The second-order valence-electron chi connectivity index (χ2n) is 23.4. The maximum absolute atomic E-state index is 2.51. The van der Waals surface area contributed by atoms with E-state index in [0.29, 0.717) is 0 Å². The molecule has 0 atom stereocenters. The highest BCUT2D eigenvalue weighted by molar-refractivity contribution is 5.96. The van der Waals surface area contributed by atoms with Gasteiger partial charge in [-0.05, 0) is 179 Å². The Labute approximate surface area is 436 Å². The van der Waals surface area contributed by atoms with E-state index in [-0.39, 0.29) is 21.7 Å². The molecule has 0 saturated carbocycles.